The van der Waals surface area contributed by atoms with Crippen LogP contribution >= 0.6 is 0 Å². The van der Waals surface area contributed by atoms with Gasteiger partial charge < -0.3 is 25.0 Å². The predicted octanol–water partition coefficient (Wildman–Crippen LogP) is 7.03. The van der Waals surface area contributed by atoms with Gasteiger partial charge in [-0.05, 0) is 76.3 Å². The zero-order valence-corrected chi connectivity index (χ0v) is 26.1. The second-order valence-corrected chi connectivity index (χ2v) is 12.0. The number of ether oxygens (including phenoxy) is 2. The molecule has 0 radical (unpaired) electrons. The standard InChI is InChI=1S/C33H49N3O5/c1-9-10-11-12-21-36(31(38)28(22-23(2)3)35-32(39)41-33(5,6)7)29(25-15-13-24(4)14-16-25)30(37)34-26-17-19-27(40-8)20-18-26/h13-20,23,28-29H,9-12,21-22H2,1-8H3,(H,34,37)(H,35,39). The molecule has 8 heteroatoms. The van der Waals surface area contributed by atoms with Crippen LogP contribution in [-0.4, -0.2) is 48.1 Å². The van der Waals surface area contributed by atoms with E-state index in [1.807, 2.05) is 45.0 Å². The highest BCUT2D eigenvalue weighted by molar-refractivity contribution is 5.99. The van der Waals surface area contributed by atoms with E-state index in [2.05, 4.69) is 17.6 Å². The maximum atomic E-state index is 14.3. The van der Waals surface area contributed by atoms with Crippen molar-refractivity contribution in [3.63, 3.8) is 0 Å². The quantitative estimate of drug-likeness (QED) is 0.239. The van der Waals surface area contributed by atoms with Crippen molar-refractivity contribution in [2.45, 2.75) is 98.3 Å². The Morgan fingerprint density at radius 3 is 2.10 bits per heavy atom. The minimum Gasteiger partial charge on any atom is -0.497 e. The molecule has 0 fully saturated rings. The highest BCUT2D eigenvalue weighted by atomic mass is 16.6. The lowest BCUT2D eigenvalue weighted by Crippen LogP contribution is -2.53. The molecule has 2 atom stereocenters. The maximum Gasteiger partial charge on any atom is 0.408 e. The van der Waals surface area contributed by atoms with Gasteiger partial charge in [-0.15, -0.1) is 0 Å². The van der Waals surface area contributed by atoms with Crippen molar-refractivity contribution in [2.75, 3.05) is 19.0 Å². The number of hydrogen-bond acceptors (Lipinski definition) is 5. The fourth-order valence-corrected chi connectivity index (χ4v) is 4.52. The van der Waals surface area contributed by atoms with Crippen LogP contribution in [-0.2, 0) is 14.3 Å². The molecule has 2 aromatic carbocycles. The van der Waals surface area contributed by atoms with Gasteiger partial charge >= 0.3 is 6.09 Å². The molecule has 0 aliphatic heterocycles. The second kappa shape index (κ2) is 16.0. The van der Waals surface area contributed by atoms with Crippen LogP contribution in [0.25, 0.3) is 0 Å². The summed E-state index contributed by atoms with van der Waals surface area (Å²) in [5, 5.41) is 5.80. The van der Waals surface area contributed by atoms with E-state index in [0.29, 0.717) is 30.0 Å². The van der Waals surface area contributed by atoms with Crippen LogP contribution in [0.4, 0.5) is 10.5 Å². The molecule has 2 rings (SSSR count). The molecule has 226 valence electrons. The topological polar surface area (TPSA) is 97.0 Å². The summed E-state index contributed by atoms with van der Waals surface area (Å²) < 4.78 is 10.7. The lowest BCUT2D eigenvalue weighted by atomic mass is 9.98. The van der Waals surface area contributed by atoms with E-state index >= 15 is 0 Å². The van der Waals surface area contributed by atoms with Crippen LogP contribution in [0.3, 0.4) is 0 Å². The molecule has 2 unspecified atom stereocenters. The number of rotatable bonds is 14. The highest BCUT2D eigenvalue weighted by Gasteiger charge is 2.36. The van der Waals surface area contributed by atoms with Gasteiger partial charge in [0.15, 0.2) is 0 Å². The predicted molar refractivity (Wildman–Crippen MR) is 164 cm³/mol. The average molecular weight is 568 g/mol. The van der Waals surface area contributed by atoms with Crippen LogP contribution in [0.2, 0.25) is 0 Å². The van der Waals surface area contributed by atoms with Crippen molar-refractivity contribution in [1.82, 2.24) is 10.2 Å². The summed E-state index contributed by atoms with van der Waals surface area (Å²) in [4.78, 5) is 42.7. The molecule has 0 aliphatic rings. The van der Waals surface area contributed by atoms with Gasteiger partial charge in [0.05, 0.1) is 7.11 Å². The van der Waals surface area contributed by atoms with Crippen LogP contribution in [0.1, 0.15) is 90.8 Å². The van der Waals surface area contributed by atoms with E-state index < -0.39 is 23.8 Å². The summed E-state index contributed by atoms with van der Waals surface area (Å²) in [7, 11) is 1.59. The monoisotopic (exact) mass is 567 g/mol. The molecule has 2 N–H and O–H groups in total. The van der Waals surface area contributed by atoms with E-state index in [9.17, 15) is 14.4 Å². The zero-order valence-electron chi connectivity index (χ0n) is 26.1. The molecular weight excluding hydrogens is 518 g/mol. The highest BCUT2D eigenvalue weighted by Crippen LogP contribution is 2.27. The second-order valence-electron chi connectivity index (χ2n) is 12.0. The fraction of sp³-hybridized carbons (Fsp3) is 0.545. The number of aryl methyl sites for hydroxylation is 1. The van der Waals surface area contributed by atoms with Gasteiger partial charge in [0.2, 0.25) is 5.91 Å². The molecule has 8 nitrogen and oxygen atoms in total. The van der Waals surface area contributed by atoms with Crippen molar-refractivity contribution >= 4 is 23.6 Å². The number of methoxy groups -OCH3 is 1. The third kappa shape index (κ3) is 11.5. The molecule has 0 heterocycles. The summed E-state index contributed by atoms with van der Waals surface area (Å²) in [6, 6.07) is 13.0. The Kier molecular flexibility index (Phi) is 13.2. The Hall–Kier alpha value is -3.55. The first-order valence-electron chi connectivity index (χ1n) is 14.7. The third-order valence-corrected chi connectivity index (χ3v) is 6.54. The van der Waals surface area contributed by atoms with E-state index in [1.165, 1.54) is 0 Å². The lowest BCUT2D eigenvalue weighted by Gasteiger charge is -2.35. The van der Waals surface area contributed by atoms with E-state index in [4.69, 9.17) is 9.47 Å². The summed E-state index contributed by atoms with van der Waals surface area (Å²) in [6.45, 7) is 13.8. The minimum absolute atomic E-state index is 0.117. The van der Waals surface area contributed by atoms with Gasteiger partial charge in [-0.1, -0.05) is 69.9 Å². The first-order valence-corrected chi connectivity index (χ1v) is 14.7. The Morgan fingerprint density at radius 1 is 0.927 bits per heavy atom. The number of alkyl carbamates (subject to hydrolysis) is 1. The maximum absolute atomic E-state index is 14.3. The van der Waals surface area contributed by atoms with Gasteiger partial charge in [0.25, 0.3) is 5.91 Å². The Balaban J connectivity index is 2.51. The van der Waals surface area contributed by atoms with Crippen LogP contribution < -0.4 is 15.4 Å². The van der Waals surface area contributed by atoms with Gasteiger partial charge in [-0.2, -0.15) is 0 Å². The van der Waals surface area contributed by atoms with Crippen LogP contribution in [0.15, 0.2) is 48.5 Å². The van der Waals surface area contributed by atoms with Gasteiger partial charge in [-0.3, -0.25) is 9.59 Å². The summed E-state index contributed by atoms with van der Waals surface area (Å²) in [5.41, 5.74) is 1.63. The summed E-state index contributed by atoms with van der Waals surface area (Å²) >= 11 is 0. The fourth-order valence-electron chi connectivity index (χ4n) is 4.52. The number of nitrogens with zero attached hydrogens (tertiary/aromatic N) is 1. The first-order chi connectivity index (χ1) is 19.3. The largest absolute Gasteiger partial charge is 0.497 e. The summed E-state index contributed by atoms with van der Waals surface area (Å²) in [6.07, 6.45) is 3.49. The number of hydrogen-bond donors (Lipinski definition) is 2. The zero-order chi connectivity index (χ0) is 30.6. The van der Waals surface area contributed by atoms with E-state index in [1.54, 1.807) is 57.0 Å². The molecule has 0 spiro atoms. The molecule has 0 saturated heterocycles. The lowest BCUT2D eigenvalue weighted by molar-refractivity contribution is -0.141. The number of benzene rings is 2. The molecule has 3 amide bonds. The van der Waals surface area contributed by atoms with Crippen molar-refractivity contribution in [2.24, 2.45) is 5.92 Å². The van der Waals surface area contributed by atoms with Crippen molar-refractivity contribution in [3.8, 4) is 5.75 Å². The van der Waals surface area contributed by atoms with Gasteiger partial charge in [0, 0.05) is 12.2 Å². The molecule has 0 aromatic heterocycles. The molecule has 0 saturated carbocycles. The third-order valence-electron chi connectivity index (χ3n) is 6.54. The van der Waals surface area contributed by atoms with Gasteiger partial charge in [0.1, 0.15) is 23.4 Å². The molecule has 41 heavy (non-hydrogen) atoms. The molecule has 2 aromatic rings. The van der Waals surface area contributed by atoms with Crippen molar-refractivity contribution in [1.29, 1.82) is 0 Å². The van der Waals surface area contributed by atoms with Crippen LogP contribution in [0, 0.1) is 12.8 Å². The Bertz CT molecular complexity index is 1110. The number of nitrogens with one attached hydrogen (secondary N) is 2. The Labute approximate surface area is 246 Å². The smallest absolute Gasteiger partial charge is 0.408 e. The van der Waals surface area contributed by atoms with E-state index in [0.717, 1.165) is 31.2 Å². The van der Waals surface area contributed by atoms with Crippen molar-refractivity contribution in [3.05, 3.63) is 59.7 Å². The summed E-state index contributed by atoms with van der Waals surface area (Å²) in [5.74, 6) is 0.155. The van der Waals surface area contributed by atoms with E-state index in [-0.39, 0.29) is 17.7 Å². The number of carbonyl (C=O) groups excluding carboxylic acids is 3. The molecular formula is C33H49N3O5. The normalized spacial score (nSPS) is 12.8. The van der Waals surface area contributed by atoms with Crippen LogP contribution in [0.5, 0.6) is 5.75 Å². The molecule has 0 aliphatic carbocycles. The first kappa shape index (κ1) is 33.7. The minimum atomic E-state index is -0.901. The number of carbonyl (C=O) groups is 3. The van der Waals surface area contributed by atoms with Gasteiger partial charge in [-0.25, -0.2) is 4.79 Å². The molecule has 0 bridgehead atoms. The number of anilines is 1. The van der Waals surface area contributed by atoms with Crippen molar-refractivity contribution < 1.29 is 23.9 Å². The average Bonchev–Trinajstić information content (AvgIpc) is 2.89. The number of unbranched alkanes of at least 4 members (excludes halogenated alkanes) is 3. The SMILES string of the molecule is CCCCCCN(C(=O)C(CC(C)C)NC(=O)OC(C)(C)C)C(C(=O)Nc1ccc(OC)cc1)c1ccc(C)cc1. The number of amides is 3. The Morgan fingerprint density at radius 2 is 1.56 bits per heavy atom.